The van der Waals surface area contributed by atoms with Crippen molar-refractivity contribution in [1.29, 1.82) is 0 Å². The van der Waals surface area contributed by atoms with Crippen LogP contribution < -0.4 is 0 Å². The van der Waals surface area contributed by atoms with E-state index in [4.69, 9.17) is 5.11 Å². The molecule has 1 aromatic carbocycles. The number of carboxylic acid groups (broad SMARTS) is 1. The summed E-state index contributed by atoms with van der Waals surface area (Å²) < 4.78 is 0. The van der Waals surface area contributed by atoms with Crippen LogP contribution in [0.4, 0.5) is 0 Å². The van der Waals surface area contributed by atoms with Crippen molar-refractivity contribution in [3.63, 3.8) is 0 Å². The molecule has 0 radical (unpaired) electrons. The van der Waals surface area contributed by atoms with Gasteiger partial charge < -0.3 is 10.2 Å². The highest BCUT2D eigenvalue weighted by Crippen LogP contribution is 2.28. The van der Waals surface area contributed by atoms with Gasteiger partial charge in [0.15, 0.2) is 0 Å². The van der Waals surface area contributed by atoms with Crippen LogP contribution in [0.2, 0.25) is 0 Å². The number of rotatable bonds is 3. The monoisotopic (exact) mass is 221 g/mol. The molecule has 1 aromatic rings. The molecule has 0 amide bonds. The second-order valence-electron chi connectivity index (χ2n) is 4.13. The predicted molar refractivity (Wildman–Crippen MR) is 58.7 cm³/mol. The number of nitrogens with zero attached hydrogens (tertiary/aromatic N) is 1. The predicted octanol–water partition coefficient (Wildman–Crippen LogP) is 1.06. The molecule has 2 N–H and O–H groups in total. The standard InChI is InChI=1S/C12H15NO3/c14-11(15)12(16)7-4-8-13(12)9-10-5-2-1-3-6-10/h1-3,5-6,16H,4,7-9H2,(H,14,15). The summed E-state index contributed by atoms with van der Waals surface area (Å²) in [5, 5.41) is 19.0. The quantitative estimate of drug-likeness (QED) is 0.801. The van der Waals surface area contributed by atoms with Gasteiger partial charge in [0.25, 0.3) is 0 Å². The summed E-state index contributed by atoms with van der Waals surface area (Å²) >= 11 is 0. The van der Waals surface area contributed by atoms with Gasteiger partial charge in [0.1, 0.15) is 0 Å². The van der Waals surface area contributed by atoms with Crippen LogP contribution in [0.1, 0.15) is 18.4 Å². The van der Waals surface area contributed by atoms with Crippen LogP contribution in [-0.2, 0) is 11.3 Å². The first-order chi connectivity index (χ1) is 7.63. The first-order valence-corrected chi connectivity index (χ1v) is 5.38. The Morgan fingerprint density at radius 3 is 2.69 bits per heavy atom. The molecule has 4 nitrogen and oxygen atoms in total. The van der Waals surface area contributed by atoms with Crippen LogP contribution >= 0.6 is 0 Å². The Kier molecular flexibility index (Phi) is 2.94. The maximum absolute atomic E-state index is 11.0. The third kappa shape index (κ3) is 1.94. The minimum atomic E-state index is -1.68. The number of aliphatic hydroxyl groups is 1. The molecule has 1 aliphatic heterocycles. The van der Waals surface area contributed by atoms with Gasteiger partial charge in [-0.15, -0.1) is 0 Å². The second kappa shape index (κ2) is 4.23. The van der Waals surface area contributed by atoms with E-state index < -0.39 is 11.7 Å². The fourth-order valence-electron chi connectivity index (χ4n) is 2.12. The molecule has 0 saturated carbocycles. The molecule has 2 rings (SSSR count). The van der Waals surface area contributed by atoms with Gasteiger partial charge in [-0.05, 0) is 12.0 Å². The van der Waals surface area contributed by atoms with Crippen molar-refractivity contribution in [3.8, 4) is 0 Å². The lowest BCUT2D eigenvalue weighted by atomic mass is 10.1. The lowest BCUT2D eigenvalue weighted by Gasteiger charge is -2.29. The molecule has 0 bridgehead atoms. The number of carbonyl (C=O) groups is 1. The third-order valence-corrected chi connectivity index (χ3v) is 3.04. The number of benzene rings is 1. The van der Waals surface area contributed by atoms with E-state index in [0.29, 0.717) is 19.5 Å². The molecule has 1 heterocycles. The minimum Gasteiger partial charge on any atom is -0.478 e. The van der Waals surface area contributed by atoms with Crippen LogP contribution in [0.15, 0.2) is 30.3 Å². The van der Waals surface area contributed by atoms with E-state index in [0.717, 1.165) is 12.0 Å². The summed E-state index contributed by atoms with van der Waals surface area (Å²) in [5.74, 6) is -1.15. The van der Waals surface area contributed by atoms with E-state index in [-0.39, 0.29) is 0 Å². The van der Waals surface area contributed by atoms with Crippen LogP contribution in [0.3, 0.4) is 0 Å². The molecule has 1 atom stereocenters. The minimum absolute atomic E-state index is 0.301. The number of aliphatic carboxylic acids is 1. The Bertz CT molecular complexity index is 379. The maximum atomic E-state index is 11.0. The van der Waals surface area contributed by atoms with Crippen molar-refractivity contribution < 1.29 is 15.0 Å². The molecule has 16 heavy (non-hydrogen) atoms. The van der Waals surface area contributed by atoms with E-state index in [1.165, 1.54) is 0 Å². The summed E-state index contributed by atoms with van der Waals surface area (Å²) in [6, 6.07) is 9.59. The lowest BCUT2D eigenvalue weighted by molar-refractivity contribution is -0.177. The smallest absolute Gasteiger partial charge is 0.351 e. The van der Waals surface area contributed by atoms with Crippen molar-refractivity contribution in [3.05, 3.63) is 35.9 Å². The third-order valence-electron chi connectivity index (χ3n) is 3.04. The van der Waals surface area contributed by atoms with Crippen molar-refractivity contribution in [2.75, 3.05) is 6.54 Å². The van der Waals surface area contributed by atoms with Gasteiger partial charge in [-0.3, -0.25) is 4.90 Å². The molecule has 1 fully saturated rings. The number of hydrogen-bond acceptors (Lipinski definition) is 3. The highest BCUT2D eigenvalue weighted by Gasteiger charge is 2.45. The molecule has 1 aliphatic rings. The van der Waals surface area contributed by atoms with Gasteiger partial charge >= 0.3 is 5.97 Å². The topological polar surface area (TPSA) is 60.8 Å². The molecular formula is C12H15NO3. The number of carboxylic acids is 1. The molecule has 0 aromatic heterocycles. The number of likely N-dealkylation sites (tertiary alicyclic amines) is 1. The molecule has 0 aliphatic carbocycles. The average molecular weight is 221 g/mol. The van der Waals surface area contributed by atoms with Crippen LogP contribution in [0, 0.1) is 0 Å². The zero-order valence-electron chi connectivity index (χ0n) is 8.97. The maximum Gasteiger partial charge on any atom is 0.351 e. The summed E-state index contributed by atoms with van der Waals surface area (Å²) in [7, 11) is 0. The molecular weight excluding hydrogens is 206 g/mol. The zero-order valence-corrected chi connectivity index (χ0v) is 8.97. The Morgan fingerprint density at radius 1 is 1.38 bits per heavy atom. The zero-order chi connectivity index (χ0) is 11.6. The average Bonchev–Trinajstić information content (AvgIpc) is 2.63. The summed E-state index contributed by atoms with van der Waals surface area (Å²) in [6.07, 6.45) is 1.02. The van der Waals surface area contributed by atoms with Gasteiger partial charge in [-0.1, -0.05) is 30.3 Å². The second-order valence-corrected chi connectivity index (χ2v) is 4.13. The Labute approximate surface area is 94.1 Å². The van der Waals surface area contributed by atoms with E-state index in [1.807, 2.05) is 30.3 Å². The molecule has 86 valence electrons. The van der Waals surface area contributed by atoms with Crippen LogP contribution in [-0.4, -0.2) is 33.4 Å². The number of hydrogen-bond donors (Lipinski definition) is 2. The van der Waals surface area contributed by atoms with Crippen LogP contribution in [0.5, 0.6) is 0 Å². The highest BCUT2D eigenvalue weighted by atomic mass is 16.4. The summed E-state index contributed by atoms with van der Waals surface area (Å²) in [6.45, 7) is 1.10. The van der Waals surface area contributed by atoms with Crippen molar-refractivity contribution in [2.24, 2.45) is 0 Å². The van der Waals surface area contributed by atoms with Gasteiger partial charge in [-0.25, -0.2) is 4.79 Å². The van der Waals surface area contributed by atoms with Crippen LogP contribution in [0.25, 0.3) is 0 Å². The summed E-state index contributed by atoms with van der Waals surface area (Å²) in [4.78, 5) is 12.6. The molecule has 4 heteroatoms. The van der Waals surface area contributed by atoms with Gasteiger partial charge in [-0.2, -0.15) is 0 Å². The largest absolute Gasteiger partial charge is 0.478 e. The summed E-state index contributed by atoms with van der Waals surface area (Å²) in [5.41, 5.74) is -0.667. The Morgan fingerprint density at radius 2 is 2.06 bits per heavy atom. The fourth-order valence-corrected chi connectivity index (χ4v) is 2.12. The lowest BCUT2D eigenvalue weighted by Crippen LogP contribution is -2.49. The first-order valence-electron chi connectivity index (χ1n) is 5.38. The fraction of sp³-hybridized carbons (Fsp3) is 0.417. The van der Waals surface area contributed by atoms with Gasteiger partial charge in [0, 0.05) is 19.5 Å². The van der Waals surface area contributed by atoms with Crippen molar-refractivity contribution in [1.82, 2.24) is 4.90 Å². The Hall–Kier alpha value is -1.39. The SMILES string of the molecule is O=C(O)C1(O)CCCN1Cc1ccccc1. The molecule has 1 unspecified atom stereocenters. The Balaban J connectivity index is 2.13. The van der Waals surface area contributed by atoms with E-state index >= 15 is 0 Å². The first kappa shape index (κ1) is 11.1. The molecule has 0 spiro atoms. The van der Waals surface area contributed by atoms with E-state index in [1.54, 1.807) is 4.90 Å². The van der Waals surface area contributed by atoms with Crippen molar-refractivity contribution >= 4 is 5.97 Å². The van der Waals surface area contributed by atoms with Gasteiger partial charge in [0.05, 0.1) is 0 Å². The van der Waals surface area contributed by atoms with Crippen molar-refractivity contribution in [2.45, 2.75) is 25.1 Å². The molecule has 1 saturated heterocycles. The highest BCUT2D eigenvalue weighted by molar-refractivity contribution is 5.76. The normalized spacial score (nSPS) is 25.8. The van der Waals surface area contributed by atoms with E-state index in [2.05, 4.69) is 0 Å². The van der Waals surface area contributed by atoms with Gasteiger partial charge in [0.2, 0.25) is 5.72 Å². The van der Waals surface area contributed by atoms with E-state index in [9.17, 15) is 9.90 Å².